The first-order valence-electron chi connectivity index (χ1n) is 8.27. The van der Waals surface area contributed by atoms with Gasteiger partial charge in [0.1, 0.15) is 11.8 Å². The van der Waals surface area contributed by atoms with Gasteiger partial charge in [-0.15, -0.1) is 0 Å². The summed E-state index contributed by atoms with van der Waals surface area (Å²) in [6, 6.07) is 5.72. The summed E-state index contributed by atoms with van der Waals surface area (Å²) in [5.74, 6) is 0.480. The summed E-state index contributed by atoms with van der Waals surface area (Å²) in [5, 5.41) is 17.7. The molecule has 1 aliphatic heterocycles. The molecule has 2 aromatic heterocycles. The Labute approximate surface area is 141 Å². The van der Waals surface area contributed by atoms with E-state index in [0.717, 1.165) is 30.8 Å². The van der Waals surface area contributed by atoms with Crippen molar-refractivity contribution < 1.29 is 4.79 Å². The molecule has 2 aromatic rings. The lowest BCUT2D eigenvalue weighted by Gasteiger charge is -2.19. The molecule has 0 bridgehead atoms. The Kier molecular flexibility index (Phi) is 4.38. The highest BCUT2D eigenvalue weighted by Crippen LogP contribution is 2.17. The van der Waals surface area contributed by atoms with Crippen molar-refractivity contribution in [2.45, 2.75) is 39.8 Å². The van der Waals surface area contributed by atoms with Crippen molar-refractivity contribution in [1.29, 1.82) is 5.26 Å². The average Bonchev–Trinajstić information content (AvgIpc) is 3.02. The maximum Gasteiger partial charge on any atom is 0.272 e. The molecule has 24 heavy (non-hydrogen) atoms. The van der Waals surface area contributed by atoms with Crippen LogP contribution in [0.2, 0.25) is 0 Å². The van der Waals surface area contributed by atoms with Crippen molar-refractivity contribution in [2.75, 3.05) is 6.54 Å². The van der Waals surface area contributed by atoms with E-state index in [4.69, 9.17) is 5.26 Å². The number of carbonyl (C=O) groups is 1. The van der Waals surface area contributed by atoms with Crippen LogP contribution in [-0.4, -0.2) is 36.9 Å². The van der Waals surface area contributed by atoms with Gasteiger partial charge in [-0.2, -0.15) is 15.5 Å². The number of nitriles is 1. The van der Waals surface area contributed by atoms with Gasteiger partial charge in [-0.25, -0.2) is 0 Å². The van der Waals surface area contributed by atoms with E-state index in [0.29, 0.717) is 30.4 Å². The van der Waals surface area contributed by atoms with Gasteiger partial charge >= 0.3 is 0 Å². The second kappa shape index (κ2) is 6.48. The fraction of sp³-hybridized carbons (Fsp3) is 0.529. The van der Waals surface area contributed by atoms with Crippen molar-refractivity contribution in [3.8, 4) is 6.07 Å². The molecule has 0 saturated heterocycles. The van der Waals surface area contributed by atoms with Crippen molar-refractivity contribution >= 4 is 5.91 Å². The van der Waals surface area contributed by atoms with Crippen LogP contribution in [0.1, 0.15) is 47.8 Å². The number of rotatable bonds is 3. The summed E-state index contributed by atoms with van der Waals surface area (Å²) in [7, 11) is 1.81. The van der Waals surface area contributed by atoms with Crippen molar-refractivity contribution in [3.05, 3.63) is 34.9 Å². The van der Waals surface area contributed by atoms with Gasteiger partial charge in [0.2, 0.25) is 0 Å². The lowest BCUT2D eigenvalue weighted by Crippen LogP contribution is -2.32. The minimum absolute atomic E-state index is 0.0202. The van der Waals surface area contributed by atoms with Crippen LogP contribution in [0.3, 0.4) is 0 Å². The van der Waals surface area contributed by atoms with Gasteiger partial charge in [0.05, 0.1) is 17.9 Å². The fourth-order valence-electron chi connectivity index (χ4n) is 3.10. The van der Waals surface area contributed by atoms with E-state index in [9.17, 15) is 4.79 Å². The molecule has 1 aliphatic rings. The molecule has 0 radical (unpaired) electrons. The van der Waals surface area contributed by atoms with E-state index in [1.807, 2.05) is 22.7 Å². The first-order chi connectivity index (χ1) is 11.5. The molecular weight excluding hydrogens is 304 g/mol. The van der Waals surface area contributed by atoms with Crippen molar-refractivity contribution in [2.24, 2.45) is 13.0 Å². The van der Waals surface area contributed by atoms with Gasteiger partial charge < -0.3 is 4.90 Å². The average molecular weight is 326 g/mol. The number of hydrogen-bond donors (Lipinski definition) is 0. The van der Waals surface area contributed by atoms with E-state index in [2.05, 4.69) is 30.1 Å². The summed E-state index contributed by atoms with van der Waals surface area (Å²) >= 11 is 0. The molecule has 0 aromatic carbocycles. The molecule has 0 spiro atoms. The van der Waals surface area contributed by atoms with Crippen LogP contribution in [-0.2, 0) is 26.6 Å². The first-order valence-corrected chi connectivity index (χ1v) is 8.27. The summed E-state index contributed by atoms with van der Waals surface area (Å²) in [5.41, 5.74) is 2.86. The summed E-state index contributed by atoms with van der Waals surface area (Å²) < 4.78 is 3.50. The van der Waals surface area contributed by atoms with E-state index in [1.54, 1.807) is 10.7 Å². The third-order valence-electron chi connectivity index (χ3n) is 4.18. The van der Waals surface area contributed by atoms with Gasteiger partial charge in [0.15, 0.2) is 5.69 Å². The molecule has 7 heteroatoms. The molecule has 0 fully saturated rings. The second-order valence-electron chi connectivity index (χ2n) is 6.68. The molecule has 3 rings (SSSR count). The number of hydrogen-bond acceptors (Lipinski definition) is 4. The number of nitrogens with zero attached hydrogens (tertiary/aromatic N) is 6. The Morgan fingerprint density at radius 2 is 2.12 bits per heavy atom. The van der Waals surface area contributed by atoms with Crippen LogP contribution >= 0.6 is 0 Å². The summed E-state index contributed by atoms with van der Waals surface area (Å²) in [6.07, 6.45) is 1.68. The Hall–Kier alpha value is -2.62. The van der Waals surface area contributed by atoms with Crippen LogP contribution in [0.4, 0.5) is 0 Å². The van der Waals surface area contributed by atoms with E-state index in [-0.39, 0.29) is 5.91 Å². The number of amides is 1. The number of carbonyl (C=O) groups excluding carboxylic acids is 1. The Morgan fingerprint density at radius 1 is 1.33 bits per heavy atom. The van der Waals surface area contributed by atoms with Crippen molar-refractivity contribution in [3.63, 3.8) is 0 Å². The molecule has 126 valence electrons. The quantitative estimate of drug-likeness (QED) is 0.860. The van der Waals surface area contributed by atoms with Crippen LogP contribution in [0.25, 0.3) is 0 Å². The number of aryl methyl sites for hydroxylation is 2. The molecule has 0 saturated carbocycles. The van der Waals surface area contributed by atoms with Gasteiger partial charge in [-0.05, 0) is 30.9 Å². The second-order valence-corrected chi connectivity index (χ2v) is 6.68. The molecular formula is C17H22N6O. The highest BCUT2D eigenvalue weighted by atomic mass is 16.2. The first kappa shape index (κ1) is 16.2. The van der Waals surface area contributed by atoms with Gasteiger partial charge in [0.25, 0.3) is 5.91 Å². The third kappa shape index (κ3) is 3.18. The largest absolute Gasteiger partial charge is 0.331 e. The monoisotopic (exact) mass is 326 g/mol. The molecule has 1 amide bonds. The zero-order chi connectivity index (χ0) is 17.3. The van der Waals surface area contributed by atoms with E-state index in [1.165, 1.54) is 0 Å². The molecule has 0 aliphatic carbocycles. The molecule has 0 atom stereocenters. The zero-order valence-corrected chi connectivity index (χ0v) is 14.4. The van der Waals surface area contributed by atoms with Crippen LogP contribution in [0.15, 0.2) is 12.1 Å². The summed E-state index contributed by atoms with van der Waals surface area (Å²) in [6.45, 7) is 6.15. The SMILES string of the molecule is CC(C)Cc1cc(C(=O)N2CCCn3nc(C#N)cc3C2)n(C)n1. The standard InChI is InChI=1S/C17H22N6O/c1-12(2)7-13-9-16(21(3)19-13)17(24)22-5-4-6-23-15(11-22)8-14(10-18)20-23/h8-9,12H,4-7,11H2,1-3H3. The van der Waals surface area contributed by atoms with Gasteiger partial charge in [0, 0.05) is 20.1 Å². The normalized spacial score (nSPS) is 14.4. The number of aromatic nitrogens is 4. The Balaban J connectivity index is 1.82. The Bertz CT molecular complexity index is 795. The Morgan fingerprint density at radius 3 is 2.83 bits per heavy atom. The highest BCUT2D eigenvalue weighted by Gasteiger charge is 2.24. The maximum atomic E-state index is 12.9. The van der Waals surface area contributed by atoms with Crippen LogP contribution in [0, 0.1) is 17.2 Å². The maximum absolute atomic E-state index is 12.9. The minimum Gasteiger partial charge on any atom is -0.331 e. The molecule has 3 heterocycles. The smallest absolute Gasteiger partial charge is 0.272 e. The highest BCUT2D eigenvalue weighted by molar-refractivity contribution is 5.92. The molecule has 0 N–H and O–H groups in total. The lowest BCUT2D eigenvalue weighted by atomic mass is 10.1. The van der Waals surface area contributed by atoms with E-state index >= 15 is 0 Å². The predicted molar refractivity (Wildman–Crippen MR) is 88.0 cm³/mol. The van der Waals surface area contributed by atoms with Gasteiger partial charge in [-0.1, -0.05) is 13.8 Å². The predicted octanol–water partition coefficient (Wildman–Crippen LogP) is 1.73. The van der Waals surface area contributed by atoms with Crippen LogP contribution < -0.4 is 0 Å². The zero-order valence-electron chi connectivity index (χ0n) is 14.4. The topological polar surface area (TPSA) is 79.7 Å². The molecule has 0 unspecified atom stereocenters. The number of fused-ring (bicyclic) bond motifs is 1. The van der Waals surface area contributed by atoms with Crippen molar-refractivity contribution in [1.82, 2.24) is 24.5 Å². The van der Waals surface area contributed by atoms with E-state index < -0.39 is 0 Å². The lowest BCUT2D eigenvalue weighted by molar-refractivity contribution is 0.0734. The van der Waals surface area contributed by atoms with Gasteiger partial charge in [-0.3, -0.25) is 14.2 Å². The fourth-order valence-corrected chi connectivity index (χ4v) is 3.10. The summed E-state index contributed by atoms with van der Waals surface area (Å²) in [4.78, 5) is 14.7. The third-order valence-corrected chi connectivity index (χ3v) is 4.18. The molecule has 7 nitrogen and oxygen atoms in total. The van der Waals surface area contributed by atoms with Crippen LogP contribution in [0.5, 0.6) is 0 Å². The minimum atomic E-state index is -0.0202.